The third kappa shape index (κ3) is 5.58. The molecular weight excluding hydrogens is 318 g/mol. The highest BCUT2D eigenvalue weighted by Crippen LogP contribution is 2.24. The van der Waals surface area contributed by atoms with E-state index in [4.69, 9.17) is 12.2 Å². The molecule has 0 bridgehead atoms. The van der Waals surface area contributed by atoms with E-state index in [2.05, 4.69) is 34.7 Å². The van der Waals surface area contributed by atoms with E-state index in [9.17, 15) is 5.11 Å². The first-order valence-electron chi connectivity index (χ1n) is 8.25. The summed E-state index contributed by atoms with van der Waals surface area (Å²) in [5, 5.41) is 16.6. The van der Waals surface area contributed by atoms with Crippen molar-refractivity contribution in [2.24, 2.45) is 0 Å². The second kappa shape index (κ2) is 9.35. The lowest BCUT2D eigenvalue weighted by molar-refractivity contribution is 0.236. The number of aliphatic hydroxyl groups is 1. The minimum atomic E-state index is -0.384. The Kier molecular flexibility index (Phi) is 7.15. The minimum Gasteiger partial charge on any atom is -0.396 e. The predicted octanol–water partition coefficient (Wildman–Crippen LogP) is 2.78. The smallest absolute Gasteiger partial charge is 0.166 e. The van der Waals surface area contributed by atoms with E-state index in [0.29, 0.717) is 11.5 Å². The molecule has 24 heavy (non-hydrogen) atoms. The molecule has 2 rings (SSSR count). The van der Waals surface area contributed by atoms with Crippen LogP contribution in [0.3, 0.4) is 0 Å². The molecule has 1 heterocycles. The summed E-state index contributed by atoms with van der Waals surface area (Å²) in [4.78, 5) is 4.02. The number of rotatable bonds is 8. The highest BCUT2D eigenvalue weighted by Gasteiger charge is 2.26. The number of thiocarbonyl (C=S) groups is 1. The highest BCUT2D eigenvalue weighted by atomic mass is 32.1. The molecule has 0 saturated carbocycles. The summed E-state index contributed by atoms with van der Waals surface area (Å²) in [6.07, 6.45) is 6.21. The van der Waals surface area contributed by atoms with Crippen molar-refractivity contribution in [3.05, 3.63) is 66.0 Å². The van der Waals surface area contributed by atoms with Crippen molar-refractivity contribution >= 4 is 17.3 Å². The highest BCUT2D eigenvalue weighted by molar-refractivity contribution is 7.80. The summed E-state index contributed by atoms with van der Waals surface area (Å²) >= 11 is 5.43. The molecule has 4 nitrogen and oxygen atoms in total. The van der Waals surface area contributed by atoms with Crippen molar-refractivity contribution in [3.63, 3.8) is 0 Å². The Morgan fingerprint density at radius 2 is 1.88 bits per heavy atom. The van der Waals surface area contributed by atoms with Crippen LogP contribution in [-0.2, 0) is 12.0 Å². The molecule has 5 heteroatoms. The molecule has 1 atom stereocenters. The van der Waals surface area contributed by atoms with Crippen molar-refractivity contribution in [1.29, 1.82) is 0 Å². The maximum Gasteiger partial charge on any atom is 0.166 e. The molecule has 3 N–H and O–H groups in total. The van der Waals surface area contributed by atoms with E-state index in [1.165, 1.54) is 5.56 Å². The maximum atomic E-state index is 9.41. The van der Waals surface area contributed by atoms with E-state index < -0.39 is 0 Å². The number of benzene rings is 1. The molecule has 128 valence electrons. The Balaban J connectivity index is 1.82. The maximum absolute atomic E-state index is 9.41. The summed E-state index contributed by atoms with van der Waals surface area (Å²) in [7, 11) is 0. The second-order valence-corrected chi connectivity index (χ2v) is 6.42. The second-order valence-electron chi connectivity index (χ2n) is 6.01. The van der Waals surface area contributed by atoms with Gasteiger partial charge in [0.15, 0.2) is 5.11 Å². The fourth-order valence-electron chi connectivity index (χ4n) is 2.65. The molecule has 1 aromatic heterocycles. The number of aliphatic hydroxyl groups excluding tert-OH is 1. The zero-order chi connectivity index (χ0) is 17.3. The van der Waals surface area contributed by atoms with Gasteiger partial charge in [-0.1, -0.05) is 30.3 Å². The van der Waals surface area contributed by atoms with Crippen LogP contribution < -0.4 is 10.6 Å². The predicted molar refractivity (Wildman–Crippen MR) is 102 cm³/mol. The number of aromatic nitrogens is 1. The molecular formula is C19H25N3OS. The Labute approximate surface area is 149 Å². The lowest BCUT2D eigenvalue weighted by Gasteiger charge is -2.32. The quantitative estimate of drug-likeness (QED) is 0.508. The summed E-state index contributed by atoms with van der Waals surface area (Å²) < 4.78 is 0. The molecule has 0 spiro atoms. The van der Waals surface area contributed by atoms with E-state index in [1.807, 2.05) is 42.7 Å². The van der Waals surface area contributed by atoms with Crippen LogP contribution in [0.15, 0.2) is 54.9 Å². The fourth-order valence-corrected chi connectivity index (χ4v) is 2.97. The van der Waals surface area contributed by atoms with E-state index >= 15 is 0 Å². The molecule has 0 saturated heterocycles. The molecule has 1 aromatic carbocycles. The average Bonchev–Trinajstić information content (AvgIpc) is 2.60. The minimum absolute atomic E-state index is 0.100. The first kappa shape index (κ1) is 18.4. The lowest BCUT2D eigenvalue weighted by atomic mass is 9.89. The van der Waals surface area contributed by atoms with Crippen molar-refractivity contribution in [1.82, 2.24) is 15.6 Å². The van der Waals surface area contributed by atoms with Gasteiger partial charge in [0.25, 0.3) is 0 Å². The number of hydrogen-bond donors (Lipinski definition) is 3. The van der Waals surface area contributed by atoms with Crippen molar-refractivity contribution in [2.75, 3.05) is 13.2 Å². The van der Waals surface area contributed by atoms with Crippen LogP contribution in [0.4, 0.5) is 0 Å². The lowest BCUT2D eigenvalue weighted by Crippen LogP contribution is -2.48. The number of hydrogen-bond acceptors (Lipinski definition) is 3. The standard InChI is InChI=1S/C19H25N3OS/c1-19(11-15-23,17-7-3-2-4-8-17)22-18(24)21-12-5-6-16-9-13-20-14-10-16/h2-4,7-10,13-14,23H,5-6,11-12,15H2,1H3,(H2,21,22,24). The summed E-state index contributed by atoms with van der Waals surface area (Å²) in [5.74, 6) is 0. The van der Waals surface area contributed by atoms with Crippen molar-refractivity contribution < 1.29 is 5.11 Å². The van der Waals surface area contributed by atoms with Gasteiger partial charge in [0.05, 0.1) is 5.54 Å². The molecule has 0 aliphatic carbocycles. The van der Waals surface area contributed by atoms with Gasteiger partial charge in [0.2, 0.25) is 0 Å². The molecule has 0 amide bonds. The molecule has 1 unspecified atom stereocenters. The Hall–Kier alpha value is -1.98. The van der Waals surface area contributed by atoms with Crippen molar-refractivity contribution in [3.8, 4) is 0 Å². The van der Waals surface area contributed by atoms with Crippen LogP contribution in [0.1, 0.15) is 30.9 Å². The first-order valence-corrected chi connectivity index (χ1v) is 8.66. The number of aryl methyl sites for hydroxylation is 1. The average molecular weight is 343 g/mol. The van der Waals surface area contributed by atoms with Crippen LogP contribution in [0.2, 0.25) is 0 Å². The van der Waals surface area contributed by atoms with Crippen LogP contribution in [0.5, 0.6) is 0 Å². The Morgan fingerprint density at radius 3 is 2.54 bits per heavy atom. The van der Waals surface area contributed by atoms with Gasteiger partial charge in [0, 0.05) is 25.5 Å². The number of pyridine rings is 1. The molecule has 0 radical (unpaired) electrons. The van der Waals surface area contributed by atoms with Gasteiger partial charge >= 0.3 is 0 Å². The summed E-state index contributed by atoms with van der Waals surface area (Å²) in [6.45, 7) is 2.96. The number of nitrogens with zero attached hydrogens (tertiary/aromatic N) is 1. The Bertz CT molecular complexity index is 621. The fraction of sp³-hybridized carbons (Fsp3) is 0.368. The third-order valence-corrected chi connectivity index (χ3v) is 4.34. The van der Waals surface area contributed by atoms with Crippen LogP contribution in [-0.4, -0.2) is 28.4 Å². The molecule has 0 fully saturated rings. The van der Waals surface area contributed by atoms with Crippen LogP contribution in [0, 0.1) is 0 Å². The van der Waals surface area contributed by atoms with Gasteiger partial charge in [-0.15, -0.1) is 0 Å². The topological polar surface area (TPSA) is 57.2 Å². The zero-order valence-corrected chi connectivity index (χ0v) is 14.9. The molecule has 0 aliphatic rings. The van der Waals surface area contributed by atoms with Gasteiger partial charge in [-0.2, -0.15) is 0 Å². The van der Waals surface area contributed by atoms with Gasteiger partial charge in [-0.05, 0) is 61.7 Å². The van der Waals surface area contributed by atoms with Crippen LogP contribution in [0.25, 0.3) is 0 Å². The summed E-state index contributed by atoms with van der Waals surface area (Å²) in [6, 6.07) is 14.1. The molecule has 2 aromatic rings. The van der Waals surface area contributed by atoms with E-state index in [1.54, 1.807) is 0 Å². The van der Waals surface area contributed by atoms with Crippen molar-refractivity contribution in [2.45, 2.75) is 31.7 Å². The normalized spacial score (nSPS) is 13.1. The van der Waals surface area contributed by atoms with Gasteiger partial charge in [0.1, 0.15) is 0 Å². The Morgan fingerprint density at radius 1 is 1.17 bits per heavy atom. The first-order chi connectivity index (χ1) is 11.6. The van der Waals surface area contributed by atoms with E-state index in [0.717, 1.165) is 24.9 Å². The zero-order valence-electron chi connectivity index (χ0n) is 14.0. The van der Waals surface area contributed by atoms with Gasteiger partial charge in [-0.3, -0.25) is 4.98 Å². The number of nitrogens with one attached hydrogen (secondary N) is 2. The third-order valence-electron chi connectivity index (χ3n) is 4.09. The van der Waals surface area contributed by atoms with Gasteiger partial charge in [-0.25, -0.2) is 0 Å². The monoisotopic (exact) mass is 343 g/mol. The SMILES string of the molecule is CC(CCO)(NC(=S)NCCCc1ccncc1)c1ccccc1. The largest absolute Gasteiger partial charge is 0.396 e. The van der Waals surface area contributed by atoms with E-state index in [-0.39, 0.29) is 12.1 Å². The van der Waals surface area contributed by atoms with Crippen LogP contribution >= 0.6 is 12.2 Å². The molecule has 0 aliphatic heterocycles. The van der Waals surface area contributed by atoms with Gasteiger partial charge < -0.3 is 15.7 Å². The summed E-state index contributed by atoms with van der Waals surface area (Å²) in [5.41, 5.74) is 2.01.